The van der Waals surface area contributed by atoms with Crippen LogP contribution < -0.4 is 0 Å². The van der Waals surface area contributed by atoms with E-state index in [1.807, 2.05) is 0 Å². The average Bonchev–Trinajstić information content (AvgIpc) is 4.13. The van der Waals surface area contributed by atoms with Gasteiger partial charge in [0.05, 0.1) is 56.0 Å². The van der Waals surface area contributed by atoms with Crippen LogP contribution in [0.1, 0.15) is 174 Å². The molecule has 0 unspecified atom stereocenters. The molecular formula is C55H76Cl4N8Ni2. The summed E-state index contributed by atoms with van der Waals surface area (Å²) in [5, 5.41) is 0. The molecule has 0 aliphatic heterocycles. The molecular weight excluding hydrogens is 1030 g/mol. The van der Waals surface area contributed by atoms with Crippen LogP contribution in [0, 0.1) is 0 Å². The van der Waals surface area contributed by atoms with E-state index < -0.39 is 0 Å². The van der Waals surface area contributed by atoms with E-state index in [9.17, 15) is 0 Å². The number of hydrogen-bond donors (Lipinski definition) is 0. The van der Waals surface area contributed by atoms with E-state index in [2.05, 4.69) is 157 Å². The summed E-state index contributed by atoms with van der Waals surface area (Å²) >= 11 is 1.14. The number of fused-ring (bicyclic) bond motifs is 4. The van der Waals surface area contributed by atoms with Gasteiger partial charge in [0.25, 0.3) is 0 Å². The monoisotopic (exact) mass is 1100 g/mol. The fourth-order valence-electron chi connectivity index (χ4n) is 9.21. The van der Waals surface area contributed by atoms with Crippen molar-refractivity contribution in [3.8, 4) is 0 Å². The maximum atomic E-state index is 5.20. The summed E-state index contributed by atoms with van der Waals surface area (Å²) in [7, 11) is 18.8. The molecule has 0 bridgehead atoms. The van der Waals surface area contributed by atoms with Crippen molar-refractivity contribution in [3.05, 3.63) is 120 Å². The number of hydrogen-bond acceptors (Lipinski definition) is 4. The zero-order valence-corrected chi connectivity index (χ0v) is 45.8. The summed E-state index contributed by atoms with van der Waals surface area (Å²) in [6.07, 6.45) is 16.3. The minimum absolute atomic E-state index is 0. The fraction of sp³-hybridized carbons (Fsp3) is 0.491. The van der Waals surface area contributed by atoms with Gasteiger partial charge in [-0.1, -0.05) is 149 Å². The third kappa shape index (κ3) is 15.5. The summed E-state index contributed by atoms with van der Waals surface area (Å²) in [5.41, 5.74) is 9.43. The summed E-state index contributed by atoms with van der Waals surface area (Å²) in [6, 6.07) is 34.4. The number of benzene rings is 4. The topological polar surface area (TPSA) is 71.3 Å². The molecule has 384 valence electrons. The summed E-state index contributed by atoms with van der Waals surface area (Å²) in [5.74, 6) is 5.20. The van der Waals surface area contributed by atoms with Crippen LogP contribution in [0.5, 0.6) is 0 Å². The van der Waals surface area contributed by atoms with E-state index in [1.54, 1.807) is 0 Å². The molecule has 0 fully saturated rings. The van der Waals surface area contributed by atoms with Crippen LogP contribution in [0.4, 0.5) is 0 Å². The molecule has 4 heterocycles. The van der Waals surface area contributed by atoms with Gasteiger partial charge in [0, 0.05) is 26.2 Å². The number of para-hydroxylation sites is 8. The number of aromatic nitrogens is 8. The Labute approximate surface area is 442 Å². The standard InChI is InChI=1S/2C27H36N4.CH4.4ClH.2Ni/c2*1-4-7-14-21(26-28-22-15-10-12-17-24(22)30(26)19-8-5-2)27-29-23-16-11-13-18-25(23)31(27)20-9-6-3;;;;;;;/h2*10-13,15-18,21H,4-9,14,19-20H2,1-3H3;1H4;4*1H;;/q;;;;;;;2*+2/p-4. The number of nitrogens with zero attached hydrogens (tertiary/aromatic N) is 8. The maximum absolute atomic E-state index is 5.20. The van der Waals surface area contributed by atoms with Crippen molar-refractivity contribution < 1.29 is 25.3 Å². The second-order valence-electron chi connectivity index (χ2n) is 17.3. The van der Waals surface area contributed by atoms with E-state index in [0.29, 0.717) is 25.3 Å². The first-order valence-corrected chi connectivity index (χ1v) is 30.3. The Hall–Kier alpha value is -3.09. The minimum atomic E-state index is 0. The quantitative estimate of drug-likeness (QED) is 0.0634. The Kier molecular flexibility index (Phi) is 27.2. The zero-order valence-electron chi connectivity index (χ0n) is 40.8. The van der Waals surface area contributed by atoms with Crippen molar-refractivity contribution in [1.82, 2.24) is 38.2 Å². The molecule has 0 spiro atoms. The van der Waals surface area contributed by atoms with Crippen LogP contribution >= 0.6 is 40.8 Å². The fourth-order valence-corrected chi connectivity index (χ4v) is 9.21. The Bertz CT molecular complexity index is 2320. The number of halogens is 4. The van der Waals surface area contributed by atoms with Crippen LogP contribution in [-0.2, 0) is 51.5 Å². The Balaban J connectivity index is 0.000000266. The Morgan fingerprint density at radius 3 is 0.768 bits per heavy atom. The van der Waals surface area contributed by atoms with Gasteiger partial charge < -0.3 is 18.3 Å². The summed E-state index contributed by atoms with van der Waals surface area (Å²) in [6.45, 7) is 17.7. The van der Waals surface area contributed by atoms with Gasteiger partial charge in [-0.05, 0) is 87.1 Å². The van der Waals surface area contributed by atoms with Crippen LogP contribution in [0.25, 0.3) is 44.1 Å². The van der Waals surface area contributed by atoms with Gasteiger partial charge in [-0.2, -0.15) is 0 Å². The Morgan fingerprint density at radius 1 is 0.362 bits per heavy atom. The molecule has 8 nitrogen and oxygen atoms in total. The van der Waals surface area contributed by atoms with E-state index in [1.165, 1.54) is 122 Å². The van der Waals surface area contributed by atoms with Gasteiger partial charge in [-0.15, -0.1) is 0 Å². The molecule has 69 heavy (non-hydrogen) atoms. The Morgan fingerprint density at radius 2 is 0.565 bits per heavy atom. The van der Waals surface area contributed by atoms with E-state index in [0.717, 1.165) is 61.1 Å². The molecule has 0 N–H and O–H groups in total. The molecule has 0 saturated heterocycles. The number of imidazole rings is 4. The first kappa shape index (κ1) is 58.5. The van der Waals surface area contributed by atoms with Crippen molar-refractivity contribution in [1.29, 1.82) is 0 Å². The number of unbranched alkanes of at least 4 members (excludes halogenated alkanes) is 6. The number of rotatable bonds is 22. The molecule has 0 saturated carbocycles. The predicted molar refractivity (Wildman–Crippen MR) is 291 cm³/mol. The molecule has 0 aliphatic carbocycles. The van der Waals surface area contributed by atoms with Crippen molar-refractivity contribution >= 4 is 84.9 Å². The average molecular weight is 1110 g/mol. The molecule has 0 aliphatic rings. The SMILES string of the molecule is C.CCCCC(c1nc2ccccc2n1CCCC)c1nc2ccccc2n1CCCC.CCCCC(c1nc2ccccc2n1CCCC)c1nc2ccccc2n1CCCC.[Cl][Ni][Cl].[Cl][Ni][Cl]. The number of aryl methyl sites for hydroxylation is 4. The van der Waals surface area contributed by atoms with Crippen molar-refractivity contribution in [2.24, 2.45) is 0 Å². The van der Waals surface area contributed by atoms with Crippen molar-refractivity contribution in [3.63, 3.8) is 0 Å². The van der Waals surface area contributed by atoms with Crippen LogP contribution in [-0.4, -0.2) is 38.2 Å². The van der Waals surface area contributed by atoms with Crippen LogP contribution in [0.15, 0.2) is 97.1 Å². The van der Waals surface area contributed by atoms with Crippen LogP contribution in [0.2, 0.25) is 0 Å². The second-order valence-corrected chi connectivity index (χ2v) is 20.6. The first-order valence-electron chi connectivity index (χ1n) is 24.8. The molecule has 14 heteroatoms. The molecule has 4 aromatic carbocycles. The normalized spacial score (nSPS) is 11.3. The predicted octanol–water partition coefficient (Wildman–Crippen LogP) is 18.0. The molecule has 8 rings (SSSR count). The second kappa shape index (κ2) is 32.1. The molecule has 0 radical (unpaired) electrons. The van der Waals surface area contributed by atoms with Gasteiger partial charge in [0.2, 0.25) is 0 Å². The third-order valence-corrected chi connectivity index (χ3v) is 12.6. The van der Waals surface area contributed by atoms with E-state index >= 15 is 0 Å². The summed E-state index contributed by atoms with van der Waals surface area (Å²) < 4.78 is 9.90. The molecule has 8 aromatic rings. The van der Waals surface area contributed by atoms with Gasteiger partial charge in [-0.3, -0.25) is 0 Å². The van der Waals surface area contributed by atoms with Gasteiger partial charge in [-0.25, -0.2) is 19.9 Å². The van der Waals surface area contributed by atoms with Gasteiger partial charge >= 0.3 is 66.1 Å². The van der Waals surface area contributed by atoms with E-state index in [4.69, 9.17) is 60.7 Å². The van der Waals surface area contributed by atoms with Crippen LogP contribution in [0.3, 0.4) is 0 Å². The molecule has 4 aromatic heterocycles. The summed E-state index contributed by atoms with van der Waals surface area (Å²) in [4.78, 5) is 20.8. The first-order chi connectivity index (χ1) is 33.4. The van der Waals surface area contributed by atoms with Gasteiger partial charge in [0.1, 0.15) is 23.3 Å². The molecule has 0 amide bonds. The zero-order chi connectivity index (χ0) is 48.7. The van der Waals surface area contributed by atoms with Crippen molar-refractivity contribution in [2.75, 3.05) is 0 Å². The van der Waals surface area contributed by atoms with Crippen molar-refractivity contribution in [2.45, 2.75) is 177 Å². The van der Waals surface area contributed by atoms with Gasteiger partial charge in [0.15, 0.2) is 0 Å². The molecule has 0 atom stereocenters. The third-order valence-electron chi connectivity index (χ3n) is 12.6. The van der Waals surface area contributed by atoms with E-state index in [-0.39, 0.29) is 19.3 Å².